The van der Waals surface area contributed by atoms with Gasteiger partial charge in [-0.3, -0.25) is 14.5 Å². The number of aromatic nitrogens is 2. The topological polar surface area (TPSA) is 125 Å². The number of rotatable bonds is 6. The molecule has 39 heavy (non-hydrogen) atoms. The molecule has 1 aliphatic heterocycles. The van der Waals surface area contributed by atoms with Gasteiger partial charge in [0.15, 0.2) is 10.1 Å². The van der Waals surface area contributed by atoms with Crippen LogP contribution in [-0.4, -0.2) is 27.6 Å². The van der Waals surface area contributed by atoms with Crippen LogP contribution in [0.25, 0.3) is 0 Å². The summed E-state index contributed by atoms with van der Waals surface area (Å²) < 4.78 is 1.37. The van der Waals surface area contributed by atoms with Gasteiger partial charge >= 0.3 is 0 Å². The molecule has 2 aliphatic rings. The number of hydrogen-bond donors (Lipinski definition) is 2. The molecule has 0 spiro atoms. The van der Waals surface area contributed by atoms with Gasteiger partial charge in [0.1, 0.15) is 5.82 Å². The molecule has 198 valence electrons. The predicted molar refractivity (Wildman–Crippen MR) is 158 cm³/mol. The summed E-state index contributed by atoms with van der Waals surface area (Å²) in [6, 6.07) is 15.1. The third kappa shape index (κ3) is 5.61. The summed E-state index contributed by atoms with van der Waals surface area (Å²) in [4.78, 5) is 27.5. The molecule has 2 aromatic carbocycles. The van der Waals surface area contributed by atoms with Crippen LogP contribution in [0.3, 0.4) is 0 Å². The Labute approximate surface area is 247 Å². The Bertz CT molecular complexity index is 1590. The van der Waals surface area contributed by atoms with Gasteiger partial charge in [-0.05, 0) is 71.1 Å². The first kappa shape index (κ1) is 27.4. The number of Topliss-reactive ketones (excluding diaryl/α,β-unsaturated/α-hetero) is 1. The maximum atomic E-state index is 13.2. The van der Waals surface area contributed by atoms with Crippen molar-refractivity contribution in [2.45, 2.75) is 36.4 Å². The number of nitrogens with two attached hydrogens (primary N) is 1. The molecule has 1 unspecified atom stereocenters. The minimum Gasteiger partial charge on any atom is -0.384 e. The lowest BCUT2D eigenvalue weighted by molar-refractivity contribution is -0.116. The van der Waals surface area contributed by atoms with E-state index in [1.807, 2.05) is 31.2 Å². The van der Waals surface area contributed by atoms with Crippen LogP contribution in [0.1, 0.15) is 36.3 Å². The van der Waals surface area contributed by atoms with Gasteiger partial charge in [0.2, 0.25) is 11.0 Å². The average molecular weight is 642 g/mol. The van der Waals surface area contributed by atoms with Crippen molar-refractivity contribution >= 4 is 73.1 Å². The van der Waals surface area contributed by atoms with E-state index in [0.717, 1.165) is 21.3 Å². The van der Waals surface area contributed by atoms with Gasteiger partial charge in [0.05, 0.1) is 29.0 Å². The molecular formula is C27H22BrClN6O2S2. The molecule has 3 aromatic rings. The molecule has 12 heteroatoms. The molecule has 8 nitrogen and oxygen atoms in total. The lowest BCUT2D eigenvalue weighted by Crippen LogP contribution is -2.38. The van der Waals surface area contributed by atoms with Crippen molar-refractivity contribution in [3.8, 4) is 6.07 Å². The summed E-state index contributed by atoms with van der Waals surface area (Å²) in [5.74, 6) is -0.459. The summed E-state index contributed by atoms with van der Waals surface area (Å²) in [6.07, 6.45) is 1.67. The number of carbonyl (C=O) groups excluding carboxylic acids is 2. The number of nitrogens with zero attached hydrogens (tertiary/aromatic N) is 4. The fourth-order valence-corrected chi connectivity index (χ4v) is 7.18. The number of halogens is 2. The molecule has 0 saturated carbocycles. The van der Waals surface area contributed by atoms with E-state index in [4.69, 9.17) is 17.3 Å². The van der Waals surface area contributed by atoms with Gasteiger partial charge in [0.25, 0.3) is 0 Å². The number of anilines is 2. The van der Waals surface area contributed by atoms with Crippen molar-refractivity contribution in [2.75, 3.05) is 16.0 Å². The number of benzene rings is 2. The van der Waals surface area contributed by atoms with E-state index in [1.165, 1.54) is 23.1 Å². The van der Waals surface area contributed by atoms with E-state index >= 15 is 0 Å². The van der Waals surface area contributed by atoms with E-state index < -0.39 is 5.92 Å². The first-order valence-electron chi connectivity index (χ1n) is 12.0. The highest BCUT2D eigenvalue weighted by Gasteiger charge is 2.41. The fourth-order valence-electron chi connectivity index (χ4n) is 4.71. The molecule has 1 amide bonds. The highest BCUT2D eigenvalue weighted by Crippen LogP contribution is 2.47. The van der Waals surface area contributed by atoms with E-state index in [9.17, 15) is 14.9 Å². The van der Waals surface area contributed by atoms with Gasteiger partial charge in [-0.1, -0.05) is 52.9 Å². The number of amides is 1. The quantitative estimate of drug-likeness (QED) is 0.301. The van der Waals surface area contributed by atoms with Crippen molar-refractivity contribution < 1.29 is 9.59 Å². The normalized spacial score (nSPS) is 17.2. The van der Waals surface area contributed by atoms with Crippen LogP contribution in [0.2, 0.25) is 5.02 Å². The molecule has 0 radical (unpaired) electrons. The Morgan fingerprint density at radius 3 is 2.87 bits per heavy atom. The molecule has 0 saturated heterocycles. The third-order valence-corrected chi connectivity index (χ3v) is 9.34. The van der Waals surface area contributed by atoms with Crippen LogP contribution >= 0.6 is 50.6 Å². The highest BCUT2D eigenvalue weighted by atomic mass is 79.9. The minimum atomic E-state index is -0.598. The first-order valence-corrected chi connectivity index (χ1v) is 15.0. The number of aryl methyl sites for hydroxylation is 1. The molecule has 1 aliphatic carbocycles. The number of nitrogens with one attached hydrogen (secondary N) is 1. The van der Waals surface area contributed by atoms with E-state index in [0.29, 0.717) is 45.0 Å². The van der Waals surface area contributed by atoms with Crippen LogP contribution in [-0.2, 0) is 9.59 Å². The van der Waals surface area contributed by atoms with Crippen LogP contribution in [0.4, 0.5) is 10.8 Å². The van der Waals surface area contributed by atoms with Gasteiger partial charge in [-0.2, -0.15) is 5.26 Å². The Morgan fingerprint density at radius 2 is 2.13 bits per heavy atom. The smallest absolute Gasteiger partial charge is 0.234 e. The van der Waals surface area contributed by atoms with Gasteiger partial charge in [-0.25, -0.2) is 0 Å². The standard InChI is InChI=1S/C27H22BrClN6O2S2/c1-14-8-9-19(18(28)10-14)32-22(37)13-38-27-34-33-26(39-27)35-20-6-3-7-21(36)24(20)23(17(12-30)25(35)31)15-4-2-5-16(29)11-15/h2,4-5,8-11,23H,3,6-7,13,31H2,1H3,(H,32,37). The number of nitriles is 1. The van der Waals surface area contributed by atoms with Gasteiger partial charge in [0, 0.05) is 27.2 Å². The summed E-state index contributed by atoms with van der Waals surface area (Å²) in [5.41, 5.74) is 10.6. The Morgan fingerprint density at radius 1 is 1.31 bits per heavy atom. The fraction of sp³-hybridized carbons (Fsp3) is 0.222. The van der Waals surface area contributed by atoms with E-state index in [-0.39, 0.29) is 28.8 Å². The molecule has 1 atom stereocenters. The molecule has 1 aromatic heterocycles. The largest absolute Gasteiger partial charge is 0.384 e. The second-order valence-electron chi connectivity index (χ2n) is 9.04. The summed E-state index contributed by atoms with van der Waals surface area (Å²) in [5, 5.41) is 22.5. The second-order valence-corrected chi connectivity index (χ2v) is 12.5. The van der Waals surface area contributed by atoms with Crippen molar-refractivity contribution in [3.63, 3.8) is 0 Å². The monoisotopic (exact) mass is 640 g/mol. The van der Waals surface area contributed by atoms with Crippen LogP contribution < -0.4 is 16.0 Å². The lowest BCUT2D eigenvalue weighted by Gasteiger charge is -2.38. The molecule has 5 rings (SSSR count). The average Bonchev–Trinajstić information content (AvgIpc) is 3.37. The summed E-state index contributed by atoms with van der Waals surface area (Å²) in [6.45, 7) is 1.97. The Hall–Kier alpha value is -3.17. The van der Waals surface area contributed by atoms with Crippen LogP contribution in [0.15, 0.2) is 73.9 Å². The number of ketones is 1. The van der Waals surface area contributed by atoms with Crippen LogP contribution in [0, 0.1) is 18.3 Å². The molecule has 3 N–H and O–H groups in total. The number of allylic oxidation sites excluding steroid dienone is 3. The third-order valence-electron chi connectivity index (χ3n) is 6.41. The zero-order valence-corrected chi connectivity index (χ0v) is 24.7. The lowest BCUT2D eigenvalue weighted by atomic mass is 9.76. The number of thioether (sulfide) groups is 1. The number of hydrogen-bond acceptors (Lipinski definition) is 9. The maximum absolute atomic E-state index is 13.2. The Balaban J connectivity index is 1.41. The summed E-state index contributed by atoms with van der Waals surface area (Å²) in [7, 11) is 0. The van der Waals surface area contributed by atoms with Crippen molar-refractivity contribution in [3.05, 3.63) is 85.8 Å². The molecule has 2 heterocycles. The van der Waals surface area contributed by atoms with Crippen molar-refractivity contribution in [1.29, 1.82) is 5.26 Å². The van der Waals surface area contributed by atoms with Crippen molar-refractivity contribution in [1.82, 2.24) is 10.2 Å². The van der Waals surface area contributed by atoms with Crippen molar-refractivity contribution in [2.24, 2.45) is 5.73 Å². The number of carbonyl (C=O) groups is 2. The Kier molecular flexibility index (Phi) is 8.09. The highest BCUT2D eigenvalue weighted by molar-refractivity contribution is 9.10. The van der Waals surface area contributed by atoms with E-state index in [1.54, 1.807) is 23.1 Å². The molecular weight excluding hydrogens is 620 g/mol. The molecule has 0 bridgehead atoms. The zero-order chi connectivity index (χ0) is 27.7. The van der Waals surface area contributed by atoms with Gasteiger partial charge in [-0.15, -0.1) is 10.2 Å². The summed E-state index contributed by atoms with van der Waals surface area (Å²) >= 11 is 12.2. The predicted octanol–water partition coefficient (Wildman–Crippen LogP) is 6.30. The van der Waals surface area contributed by atoms with E-state index in [2.05, 4.69) is 37.5 Å². The zero-order valence-electron chi connectivity index (χ0n) is 20.7. The van der Waals surface area contributed by atoms with Crippen LogP contribution in [0.5, 0.6) is 0 Å². The second kappa shape index (κ2) is 11.5. The first-order chi connectivity index (χ1) is 18.8. The molecule has 0 fully saturated rings. The minimum absolute atomic E-state index is 0.0236. The van der Waals surface area contributed by atoms with Gasteiger partial charge < -0.3 is 11.1 Å². The SMILES string of the molecule is Cc1ccc(NC(=O)CSc2nnc(N3C(N)=C(C#N)C(c4cccc(Cl)c4)C4=C3CCCC4=O)s2)c(Br)c1. The maximum Gasteiger partial charge on any atom is 0.234 e.